The molecule has 0 unspecified atom stereocenters. The minimum atomic E-state index is -4.27. The van der Waals surface area contributed by atoms with Gasteiger partial charge in [-0.1, -0.05) is 11.6 Å². The molecule has 3 nitrogen and oxygen atoms in total. The minimum Gasteiger partial charge on any atom is -0.508 e. The highest BCUT2D eigenvalue weighted by Crippen LogP contribution is 2.24. The first-order valence-corrected chi connectivity index (χ1v) is 6.10. The summed E-state index contributed by atoms with van der Waals surface area (Å²) in [5.41, 5.74) is 0.474. The lowest BCUT2D eigenvalue weighted by atomic mass is 10.2. The van der Waals surface area contributed by atoms with Crippen molar-refractivity contribution in [3.63, 3.8) is 0 Å². The molecule has 0 aliphatic carbocycles. The lowest BCUT2D eigenvalue weighted by Gasteiger charge is -2.24. The normalized spacial score (nSPS) is 12.1. The van der Waals surface area contributed by atoms with Gasteiger partial charge in [-0.25, -0.2) is 0 Å². The Hall–Kier alpha value is -0.980. The van der Waals surface area contributed by atoms with Crippen LogP contribution in [0.4, 0.5) is 13.2 Å². The van der Waals surface area contributed by atoms with Gasteiger partial charge in [-0.2, -0.15) is 13.2 Å². The molecule has 0 saturated heterocycles. The zero-order chi connectivity index (χ0) is 14.5. The number of hydrogen-bond donors (Lipinski definition) is 2. The van der Waals surface area contributed by atoms with Crippen LogP contribution in [0.15, 0.2) is 18.2 Å². The van der Waals surface area contributed by atoms with Crippen molar-refractivity contribution in [3.05, 3.63) is 28.8 Å². The van der Waals surface area contributed by atoms with Crippen LogP contribution in [-0.4, -0.2) is 42.9 Å². The number of phenolic OH excluding ortho intramolecular Hbond substituents is 1. The van der Waals surface area contributed by atoms with E-state index in [-0.39, 0.29) is 18.8 Å². The molecule has 0 radical (unpaired) electrons. The quantitative estimate of drug-likeness (QED) is 0.847. The second-order valence-electron chi connectivity index (χ2n) is 4.21. The first-order valence-electron chi connectivity index (χ1n) is 5.73. The average Bonchev–Trinajstić information content (AvgIpc) is 2.29. The molecule has 1 aromatic rings. The summed E-state index contributed by atoms with van der Waals surface area (Å²) in [4.78, 5) is 1.23. The molecule has 2 N–H and O–H groups in total. The van der Waals surface area contributed by atoms with Gasteiger partial charge in [0.05, 0.1) is 6.54 Å². The van der Waals surface area contributed by atoms with E-state index in [0.29, 0.717) is 17.1 Å². The SMILES string of the molecule is CNCCN(Cc1cc(O)ccc1Cl)CC(F)(F)F. The number of halogens is 4. The van der Waals surface area contributed by atoms with E-state index in [4.69, 9.17) is 11.6 Å². The molecule has 19 heavy (non-hydrogen) atoms. The Labute approximate surface area is 115 Å². The van der Waals surface area contributed by atoms with Crippen LogP contribution in [0.3, 0.4) is 0 Å². The predicted molar refractivity (Wildman–Crippen MR) is 68.4 cm³/mol. The molecule has 0 atom stereocenters. The van der Waals surface area contributed by atoms with Gasteiger partial charge in [0.15, 0.2) is 0 Å². The fourth-order valence-electron chi connectivity index (χ4n) is 1.66. The van der Waals surface area contributed by atoms with Gasteiger partial charge in [0.2, 0.25) is 0 Å². The minimum absolute atomic E-state index is 0.0139. The van der Waals surface area contributed by atoms with Gasteiger partial charge in [0.1, 0.15) is 5.75 Å². The fourth-order valence-corrected chi connectivity index (χ4v) is 1.84. The van der Waals surface area contributed by atoms with Crippen molar-refractivity contribution in [1.82, 2.24) is 10.2 Å². The van der Waals surface area contributed by atoms with Crippen LogP contribution in [-0.2, 0) is 6.54 Å². The molecule has 108 valence electrons. The van der Waals surface area contributed by atoms with E-state index in [1.807, 2.05) is 0 Å². The van der Waals surface area contributed by atoms with Gasteiger partial charge in [0.25, 0.3) is 0 Å². The van der Waals surface area contributed by atoms with E-state index in [9.17, 15) is 18.3 Å². The number of likely N-dealkylation sites (N-methyl/N-ethyl adjacent to an activating group) is 1. The Morgan fingerprint density at radius 1 is 1.37 bits per heavy atom. The smallest absolute Gasteiger partial charge is 0.401 e. The second kappa shape index (κ2) is 6.98. The highest BCUT2D eigenvalue weighted by atomic mass is 35.5. The van der Waals surface area contributed by atoms with E-state index in [1.54, 1.807) is 7.05 Å². The Bertz CT molecular complexity index is 412. The number of alkyl halides is 3. The van der Waals surface area contributed by atoms with Crippen LogP contribution < -0.4 is 5.32 Å². The van der Waals surface area contributed by atoms with E-state index >= 15 is 0 Å². The molecule has 0 aromatic heterocycles. The van der Waals surface area contributed by atoms with E-state index in [1.165, 1.54) is 23.1 Å². The van der Waals surface area contributed by atoms with Crippen molar-refractivity contribution >= 4 is 11.6 Å². The summed E-state index contributed by atoms with van der Waals surface area (Å²) in [5.74, 6) is -0.0139. The Morgan fingerprint density at radius 2 is 2.05 bits per heavy atom. The number of nitrogens with zero attached hydrogens (tertiary/aromatic N) is 1. The van der Waals surface area contributed by atoms with E-state index in [0.717, 1.165) is 0 Å². The first kappa shape index (κ1) is 16.1. The monoisotopic (exact) mass is 296 g/mol. The summed E-state index contributed by atoms with van der Waals surface area (Å²) in [6.07, 6.45) is -4.27. The van der Waals surface area contributed by atoms with Crippen molar-refractivity contribution in [2.24, 2.45) is 0 Å². The Balaban J connectivity index is 2.78. The summed E-state index contributed by atoms with van der Waals surface area (Å²) >= 11 is 5.91. The van der Waals surface area contributed by atoms with Gasteiger partial charge in [-0.3, -0.25) is 4.90 Å². The second-order valence-corrected chi connectivity index (χ2v) is 4.61. The van der Waals surface area contributed by atoms with Gasteiger partial charge in [-0.05, 0) is 30.8 Å². The number of aromatic hydroxyl groups is 1. The molecule has 7 heteroatoms. The molecule has 0 bridgehead atoms. The topological polar surface area (TPSA) is 35.5 Å². The van der Waals surface area contributed by atoms with Crippen LogP contribution in [0.5, 0.6) is 5.75 Å². The van der Waals surface area contributed by atoms with Crippen LogP contribution in [0.1, 0.15) is 5.56 Å². The number of nitrogens with one attached hydrogen (secondary N) is 1. The molecule has 0 heterocycles. The predicted octanol–water partition coefficient (Wildman–Crippen LogP) is 2.63. The van der Waals surface area contributed by atoms with Crippen LogP contribution >= 0.6 is 11.6 Å². The standard InChI is InChI=1S/C12H16ClF3N2O/c1-17-4-5-18(8-12(14,15)16)7-9-6-10(19)2-3-11(9)13/h2-3,6,17,19H,4-5,7-8H2,1H3. The van der Waals surface area contributed by atoms with Crippen molar-refractivity contribution in [2.45, 2.75) is 12.7 Å². The largest absolute Gasteiger partial charge is 0.508 e. The maximum Gasteiger partial charge on any atom is 0.401 e. The first-order chi connectivity index (χ1) is 8.81. The summed E-state index contributed by atoms with van der Waals surface area (Å²) < 4.78 is 37.4. The highest BCUT2D eigenvalue weighted by molar-refractivity contribution is 6.31. The summed E-state index contributed by atoms with van der Waals surface area (Å²) in [7, 11) is 1.67. The molecule has 0 saturated carbocycles. The van der Waals surface area contributed by atoms with Gasteiger partial charge < -0.3 is 10.4 Å². The molecular weight excluding hydrogens is 281 g/mol. The van der Waals surface area contributed by atoms with E-state index in [2.05, 4.69) is 5.32 Å². The molecule has 0 aliphatic heterocycles. The number of phenols is 1. The van der Waals surface area contributed by atoms with Crippen LogP contribution in [0, 0.1) is 0 Å². The van der Waals surface area contributed by atoms with Gasteiger partial charge in [0, 0.05) is 24.7 Å². The molecule has 0 amide bonds. The molecule has 1 rings (SSSR count). The number of hydrogen-bond acceptors (Lipinski definition) is 3. The van der Waals surface area contributed by atoms with Gasteiger partial charge >= 0.3 is 6.18 Å². The summed E-state index contributed by atoms with van der Waals surface area (Å²) in [5, 5.41) is 12.5. The van der Waals surface area contributed by atoms with Crippen molar-refractivity contribution in [3.8, 4) is 5.75 Å². The fraction of sp³-hybridized carbons (Fsp3) is 0.500. The third kappa shape index (κ3) is 6.13. The maximum absolute atomic E-state index is 12.5. The van der Waals surface area contributed by atoms with Crippen molar-refractivity contribution in [2.75, 3.05) is 26.7 Å². The maximum atomic E-state index is 12.5. The lowest BCUT2D eigenvalue weighted by molar-refractivity contribution is -0.146. The third-order valence-electron chi connectivity index (χ3n) is 2.50. The molecule has 0 fully saturated rings. The zero-order valence-corrected chi connectivity index (χ0v) is 11.2. The summed E-state index contributed by atoms with van der Waals surface area (Å²) in [6, 6.07) is 4.24. The molecule has 0 spiro atoms. The molecule has 1 aromatic carbocycles. The van der Waals surface area contributed by atoms with Crippen molar-refractivity contribution in [1.29, 1.82) is 0 Å². The van der Waals surface area contributed by atoms with E-state index < -0.39 is 12.7 Å². The number of rotatable bonds is 6. The molecular formula is C12H16ClF3N2O. The number of benzene rings is 1. The van der Waals surface area contributed by atoms with Crippen LogP contribution in [0.2, 0.25) is 5.02 Å². The Kier molecular flexibility index (Phi) is 5.90. The third-order valence-corrected chi connectivity index (χ3v) is 2.87. The zero-order valence-electron chi connectivity index (χ0n) is 10.5. The van der Waals surface area contributed by atoms with Gasteiger partial charge in [-0.15, -0.1) is 0 Å². The van der Waals surface area contributed by atoms with Crippen molar-refractivity contribution < 1.29 is 18.3 Å². The highest BCUT2D eigenvalue weighted by Gasteiger charge is 2.30. The summed E-state index contributed by atoms with van der Waals surface area (Å²) in [6.45, 7) is -0.302. The molecule has 0 aliphatic rings. The lowest BCUT2D eigenvalue weighted by Crippen LogP contribution is -2.37. The average molecular weight is 297 g/mol. The Morgan fingerprint density at radius 3 is 2.63 bits per heavy atom. The van der Waals surface area contributed by atoms with Crippen LogP contribution in [0.25, 0.3) is 0 Å².